The van der Waals surface area contributed by atoms with Crippen LogP contribution >= 0.6 is 35.2 Å². The Hall–Kier alpha value is -3.06. The molecular formula is C30H35ClFN5O4S2. The molecule has 0 saturated carbocycles. The molecule has 2 aromatic rings. The number of esters is 1. The number of hydrogen-bond acceptors (Lipinski definition) is 8. The number of thiazole rings is 1. The Morgan fingerprint density at radius 3 is 2.77 bits per heavy atom. The van der Waals surface area contributed by atoms with Crippen LogP contribution in [-0.2, 0) is 14.3 Å². The molecule has 2 atom stereocenters. The van der Waals surface area contributed by atoms with Gasteiger partial charge < -0.3 is 25.0 Å². The summed E-state index contributed by atoms with van der Waals surface area (Å²) in [5.41, 5.74) is 0.866. The molecule has 1 aromatic heterocycles. The molecule has 0 spiro atoms. The van der Waals surface area contributed by atoms with E-state index in [1.54, 1.807) is 39.1 Å². The predicted octanol–water partition coefficient (Wildman–Crippen LogP) is 4.57. The second kappa shape index (κ2) is 12.1. The van der Waals surface area contributed by atoms with Crippen LogP contribution in [0.1, 0.15) is 44.2 Å². The Morgan fingerprint density at radius 2 is 2.09 bits per heavy atom. The van der Waals surface area contributed by atoms with Gasteiger partial charge in [0.1, 0.15) is 10.8 Å². The van der Waals surface area contributed by atoms with E-state index in [-0.39, 0.29) is 17.2 Å². The molecule has 0 amide bonds. The number of halogens is 2. The summed E-state index contributed by atoms with van der Waals surface area (Å²) in [7, 11) is 0. The SMILES string of the molecule is CCOC(=O)C1=C(CN2CCN3C(=S)N(CC(C)(C)C(=O)O)C[C@@]3(C)C2)NC(c2nccs2)=C[C@H]1c1cccc(F)c1Cl. The number of aliphatic carboxylic acids is 1. The van der Waals surface area contributed by atoms with Crippen molar-refractivity contribution < 1.29 is 23.8 Å². The molecule has 0 unspecified atom stereocenters. The summed E-state index contributed by atoms with van der Waals surface area (Å²) >= 11 is 13.7. The fourth-order valence-electron chi connectivity index (χ4n) is 6.08. The zero-order chi connectivity index (χ0) is 31.1. The van der Waals surface area contributed by atoms with E-state index in [0.717, 1.165) is 5.01 Å². The van der Waals surface area contributed by atoms with Crippen molar-refractivity contribution in [2.75, 3.05) is 45.9 Å². The van der Waals surface area contributed by atoms with Crippen LogP contribution in [0.15, 0.2) is 47.1 Å². The minimum atomic E-state index is -0.953. The lowest BCUT2D eigenvalue weighted by molar-refractivity contribution is -0.147. The summed E-state index contributed by atoms with van der Waals surface area (Å²) in [6, 6.07) is 4.60. The molecule has 0 bridgehead atoms. The molecule has 13 heteroatoms. The largest absolute Gasteiger partial charge is 0.481 e. The maximum Gasteiger partial charge on any atom is 0.336 e. The van der Waals surface area contributed by atoms with Gasteiger partial charge in [-0.2, -0.15) is 0 Å². The highest BCUT2D eigenvalue weighted by Crippen LogP contribution is 2.40. The van der Waals surface area contributed by atoms with E-state index < -0.39 is 29.1 Å². The third kappa shape index (κ3) is 6.15. The van der Waals surface area contributed by atoms with Gasteiger partial charge in [0.05, 0.1) is 33.9 Å². The van der Waals surface area contributed by atoms with Gasteiger partial charge in [0.2, 0.25) is 0 Å². The van der Waals surface area contributed by atoms with Gasteiger partial charge >= 0.3 is 11.9 Å². The van der Waals surface area contributed by atoms with Crippen molar-refractivity contribution in [1.29, 1.82) is 0 Å². The van der Waals surface area contributed by atoms with Crippen molar-refractivity contribution in [1.82, 2.24) is 25.0 Å². The normalized spacial score (nSPS) is 22.8. The van der Waals surface area contributed by atoms with Gasteiger partial charge in [-0.25, -0.2) is 14.2 Å². The zero-order valence-corrected chi connectivity index (χ0v) is 26.9. The predicted molar refractivity (Wildman–Crippen MR) is 168 cm³/mol. The highest BCUT2D eigenvalue weighted by molar-refractivity contribution is 7.80. The average Bonchev–Trinajstić information content (AvgIpc) is 3.56. The number of benzene rings is 1. The first-order valence-electron chi connectivity index (χ1n) is 14.1. The Bertz CT molecular complexity index is 1500. The maximum absolute atomic E-state index is 14.7. The van der Waals surface area contributed by atoms with E-state index in [9.17, 15) is 19.1 Å². The van der Waals surface area contributed by atoms with E-state index in [4.69, 9.17) is 28.6 Å². The van der Waals surface area contributed by atoms with Gasteiger partial charge in [0.25, 0.3) is 0 Å². The summed E-state index contributed by atoms with van der Waals surface area (Å²) in [5, 5.41) is 16.4. The molecule has 43 heavy (non-hydrogen) atoms. The molecule has 5 rings (SSSR count). The van der Waals surface area contributed by atoms with Crippen LogP contribution in [0.2, 0.25) is 5.02 Å². The average molecular weight is 648 g/mol. The number of aromatic nitrogens is 1. The van der Waals surface area contributed by atoms with Crippen molar-refractivity contribution in [2.45, 2.75) is 39.2 Å². The second-order valence-electron chi connectivity index (χ2n) is 12.0. The first kappa shape index (κ1) is 31.4. The fraction of sp³-hybridized carbons (Fsp3) is 0.467. The standard InChI is InChI=1S/C30H35ClFN5O4S2/c1-5-41-26(38)23-19(18-7-6-8-20(32)24(18)31)13-21(25-33-9-12-43-25)34-22(23)14-35-10-11-37-28(42)36(17-30(37,4)16-35)15-29(2,3)27(39)40/h6-9,12-13,19,34H,5,10-11,14-17H2,1-4H3,(H,39,40)/t19-,30+/m0/s1. The number of allylic oxidation sites excluding steroid dienone is 1. The Morgan fingerprint density at radius 1 is 1.33 bits per heavy atom. The van der Waals surface area contributed by atoms with Gasteiger partial charge in [-0.15, -0.1) is 11.3 Å². The summed E-state index contributed by atoms with van der Waals surface area (Å²) in [4.78, 5) is 36.3. The Kier molecular flexibility index (Phi) is 8.86. The molecule has 0 aliphatic carbocycles. The summed E-state index contributed by atoms with van der Waals surface area (Å²) in [6.07, 6.45) is 3.56. The van der Waals surface area contributed by atoms with Gasteiger partial charge in [-0.1, -0.05) is 23.7 Å². The van der Waals surface area contributed by atoms with Crippen molar-refractivity contribution in [3.8, 4) is 0 Å². The lowest BCUT2D eigenvalue weighted by atomic mass is 9.86. The van der Waals surface area contributed by atoms with Crippen LogP contribution in [0.25, 0.3) is 5.70 Å². The van der Waals surface area contributed by atoms with Gasteiger partial charge in [-0.3, -0.25) is 9.69 Å². The van der Waals surface area contributed by atoms with Crippen LogP contribution < -0.4 is 5.32 Å². The molecule has 4 heterocycles. The van der Waals surface area contributed by atoms with Gasteiger partial charge in [0, 0.05) is 62.5 Å². The van der Waals surface area contributed by atoms with E-state index in [0.29, 0.717) is 66.9 Å². The number of dihydropyridines is 1. The number of carboxylic acids is 1. The zero-order valence-electron chi connectivity index (χ0n) is 24.5. The van der Waals surface area contributed by atoms with Gasteiger partial charge in [-0.05, 0) is 57.6 Å². The quantitative estimate of drug-likeness (QED) is 0.298. The van der Waals surface area contributed by atoms with Crippen LogP contribution in [0.4, 0.5) is 4.39 Å². The van der Waals surface area contributed by atoms with Crippen molar-refractivity contribution in [3.63, 3.8) is 0 Å². The van der Waals surface area contributed by atoms with Crippen molar-refractivity contribution in [3.05, 3.63) is 68.5 Å². The van der Waals surface area contributed by atoms with E-state index >= 15 is 0 Å². The number of carbonyl (C=O) groups is 2. The maximum atomic E-state index is 14.7. The minimum Gasteiger partial charge on any atom is -0.481 e. The van der Waals surface area contributed by atoms with E-state index in [1.165, 1.54) is 17.4 Å². The summed E-state index contributed by atoms with van der Waals surface area (Å²) < 4.78 is 20.2. The number of carbonyl (C=O) groups excluding carboxylic acids is 1. The third-order valence-corrected chi connectivity index (χ3v) is 9.85. The molecule has 2 fully saturated rings. The lowest BCUT2D eigenvalue weighted by Crippen LogP contribution is -2.60. The number of rotatable bonds is 9. The highest BCUT2D eigenvalue weighted by Gasteiger charge is 2.49. The number of nitrogens with zero attached hydrogens (tertiary/aromatic N) is 4. The molecule has 230 valence electrons. The number of fused-ring (bicyclic) bond motifs is 1. The topological polar surface area (TPSA) is 98.2 Å². The fourth-order valence-corrected chi connectivity index (χ4v) is 7.38. The molecule has 2 saturated heterocycles. The molecule has 3 aliphatic heterocycles. The molecule has 1 aromatic carbocycles. The van der Waals surface area contributed by atoms with Gasteiger partial charge in [0.15, 0.2) is 5.11 Å². The number of hydrogen-bond donors (Lipinski definition) is 2. The van der Waals surface area contributed by atoms with E-state index in [1.807, 2.05) is 16.4 Å². The third-order valence-electron chi connectivity index (χ3n) is 8.17. The monoisotopic (exact) mass is 647 g/mol. The Labute approximate surface area is 265 Å². The number of thiocarbonyl (C=S) groups is 1. The number of ether oxygens (including phenoxy) is 1. The highest BCUT2D eigenvalue weighted by atomic mass is 35.5. The number of piperazine rings is 1. The Balaban J connectivity index is 1.48. The number of carboxylic acid groups (broad SMARTS) is 1. The second-order valence-corrected chi connectivity index (χ2v) is 13.6. The van der Waals surface area contributed by atoms with Crippen LogP contribution in [0, 0.1) is 11.2 Å². The molecular weight excluding hydrogens is 613 g/mol. The van der Waals surface area contributed by atoms with Crippen LogP contribution in [-0.4, -0.2) is 93.3 Å². The van der Waals surface area contributed by atoms with Crippen molar-refractivity contribution in [2.24, 2.45) is 5.41 Å². The summed E-state index contributed by atoms with van der Waals surface area (Å²) in [6.45, 7) is 10.7. The smallest absolute Gasteiger partial charge is 0.336 e. The number of nitrogens with one attached hydrogen (secondary N) is 1. The minimum absolute atomic E-state index is 0.0461. The molecule has 0 radical (unpaired) electrons. The first-order chi connectivity index (χ1) is 20.3. The van der Waals surface area contributed by atoms with Crippen molar-refractivity contribution >= 4 is 57.9 Å². The molecule has 2 N–H and O–H groups in total. The first-order valence-corrected chi connectivity index (χ1v) is 15.8. The molecule has 9 nitrogen and oxygen atoms in total. The van der Waals surface area contributed by atoms with Crippen LogP contribution in [0.3, 0.4) is 0 Å². The van der Waals surface area contributed by atoms with Crippen LogP contribution in [0.5, 0.6) is 0 Å². The molecule has 3 aliphatic rings. The lowest BCUT2D eigenvalue weighted by Gasteiger charge is -2.45. The summed E-state index contributed by atoms with van der Waals surface area (Å²) in [5.74, 6) is -2.60. The van der Waals surface area contributed by atoms with E-state index in [2.05, 4.69) is 27.0 Å².